The van der Waals surface area contributed by atoms with Crippen LogP contribution in [0.2, 0.25) is 0 Å². The molecule has 2 heterocycles. The van der Waals surface area contributed by atoms with Crippen molar-refractivity contribution in [3.63, 3.8) is 0 Å². The normalized spacial score (nSPS) is 15.8. The molecule has 1 aromatic carbocycles. The fourth-order valence-corrected chi connectivity index (χ4v) is 1.86. The molecule has 0 bridgehead atoms. The molecule has 0 fully saturated rings. The molecule has 0 N–H and O–H groups in total. The van der Waals surface area contributed by atoms with Gasteiger partial charge in [0.2, 0.25) is 0 Å². The number of benzene rings is 1. The molecule has 0 unspecified atom stereocenters. The SMILES string of the molecule is CN1C[CH]n2nc3ccccc3c2C1=O. The summed E-state index contributed by atoms with van der Waals surface area (Å²) in [5.74, 6) is 0.0335. The number of amides is 1. The zero-order chi connectivity index (χ0) is 10.4. The molecule has 0 spiro atoms. The van der Waals surface area contributed by atoms with Gasteiger partial charge in [-0.3, -0.25) is 9.48 Å². The van der Waals surface area contributed by atoms with Crippen LogP contribution in [-0.4, -0.2) is 34.2 Å². The highest BCUT2D eigenvalue weighted by Crippen LogP contribution is 2.22. The number of hydrogen-bond acceptors (Lipinski definition) is 2. The lowest BCUT2D eigenvalue weighted by Crippen LogP contribution is -2.36. The number of fused-ring (bicyclic) bond motifs is 3. The van der Waals surface area contributed by atoms with Crippen molar-refractivity contribution in [1.82, 2.24) is 14.7 Å². The summed E-state index contributed by atoms with van der Waals surface area (Å²) >= 11 is 0. The molecule has 1 aromatic heterocycles. The van der Waals surface area contributed by atoms with Crippen molar-refractivity contribution in [2.45, 2.75) is 0 Å². The lowest BCUT2D eigenvalue weighted by molar-refractivity contribution is 0.0775. The maximum absolute atomic E-state index is 11.9. The highest BCUT2D eigenvalue weighted by atomic mass is 16.2. The number of likely N-dealkylation sites (N-methyl/N-ethyl adjacent to an activating group) is 1. The molecule has 15 heavy (non-hydrogen) atoms. The van der Waals surface area contributed by atoms with Gasteiger partial charge in [-0.25, -0.2) is 0 Å². The van der Waals surface area contributed by atoms with Gasteiger partial charge in [-0.1, -0.05) is 18.2 Å². The molecule has 0 atom stereocenters. The topological polar surface area (TPSA) is 38.1 Å². The standard InChI is InChI=1S/C11H10N3O/c1-13-6-7-14-10(11(13)15)8-4-2-3-5-9(8)12-14/h2-5,7H,6H2,1H3. The van der Waals surface area contributed by atoms with Crippen molar-refractivity contribution in [2.75, 3.05) is 13.6 Å². The summed E-state index contributed by atoms with van der Waals surface area (Å²) in [5.41, 5.74) is 1.53. The molecule has 3 rings (SSSR count). The van der Waals surface area contributed by atoms with Crippen LogP contribution in [0.1, 0.15) is 10.5 Å². The van der Waals surface area contributed by atoms with Gasteiger partial charge in [0.15, 0.2) is 0 Å². The van der Waals surface area contributed by atoms with Gasteiger partial charge in [0.25, 0.3) is 5.91 Å². The molecule has 4 heteroatoms. The van der Waals surface area contributed by atoms with Crippen molar-refractivity contribution < 1.29 is 4.79 Å². The molecular formula is C11H10N3O. The van der Waals surface area contributed by atoms with Gasteiger partial charge in [-0.15, -0.1) is 0 Å². The highest BCUT2D eigenvalue weighted by molar-refractivity contribution is 6.05. The van der Waals surface area contributed by atoms with E-state index >= 15 is 0 Å². The van der Waals surface area contributed by atoms with Crippen molar-refractivity contribution in [1.29, 1.82) is 0 Å². The van der Waals surface area contributed by atoms with E-state index in [-0.39, 0.29) is 5.91 Å². The van der Waals surface area contributed by atoms with Crippen molar-refractivity contribution in [3.8, 4) is 0 Å². The second-order valence-electron chi connectivity index (χ2n) is 3.68. The lowest BCUT2D eigenvalue weighted by Gasteiger charge is -2.22. The predicted molar refractivity (Wildman–Crippen MR) is 56.4 cm³/mol. The smallest absolute Gasteiger partial charge is 0.272 e. The van der Waals surface area contributed by atoms with E-state index in [1.54, 1.807) is 16.6 Å². The average Bonchev–Trinajstić information content (AvgIpc) is 2.62. The maximum atomic E-state index is 11.9. The van der Waals surface area contributed by atoms with Gasteiger partial charge in [0, 0.05) is 19.0 Å². The monoisotopic (exact) mass is 200 g/mol. The average molecular weight is 200 g/mol. The van der Waals surface area contributed by atoms with E-state index in [2.05, 4.69) is 5.10 Å². The van der Waals surface area contributed by atoms with Crippen LogP contribution < -0.4 is 0 Å². The Morgan fingerprint density at radius 3 is 3.00 bits per heavy atom. The molecule has 0 aliphatic carbocycles. The summed E-state index contributed by atoms with van der Waals surface area (Å²) in [6, 6.07) is 7.70. The summed E-state index contributed by atoms with van der Waals surface area (Å²) < 4.78 is 1.69. The molecule has 0 saturated heterocycles. The van der Waals surface area contributed by atoms with Crippen LogP contribution in [0.4, 0.5) is 0 Å². The van der Waals surface area contributed by atoms with Crippen LogP contribution in [0, 0.1) is 6.54 Å². The van der Waals surface area contributed by atoms with E-state index < -0.39 is 0 Å². The number of rotatable bonds is 0. The summed E-state index contributed by atoms with van der Waals surface area (Å²) in [4.78, 5) is 13.6. The third-order valence-electron chi connectivity index (χ3n) is 2.68. The van der Waals surface area contributed by atoms with Gasteiger partial charge in [0.1, 0.15) is 5.69 Å². The summed E-state index contributed by atoms with van der Waals surface area (Å²) in [6.45, 7) is 2.52. The Balaban J connectivity index is 2.34. The Hall–Kier alpha value is -1.84. The van der Waals surface area contributed by atoms with E-state index in [1.165, 1.54) is 0 Å². The molecule has 1 aliphatic rings. The molecule has 4 nitrogen and oxygen atoms in total. The number of hydrogen-bond donors (Lipinski definition) is 0. The third kappa shape index (κ3) is 1.08. The van der Waals surface area contributed by atoms with E-state index in [4.69, 9.17) is 0 Å². The van der Waals surface area contributed by atoms with Gasteiger partial charge in [0.05, 0.1) is 12.1 Å². The van der Waals surface area contributed by atoms with Crippen molar-refractivity contribution in [3.05, 3.63) is 36.5 Å². The quantitative estimate of drug-likeness (QED) is 0.639. The Morgan fingerprint density at radius 2 is 2.13 bits per heavy atom. The minimum absolute atomic E-state index is 0.0335. The van der Waals surface area contributed by atoms with Crippen LogP contribution in [-0.2, 0) is 0 Å². The van der Waals surface area contributed by atoms with Crippen LogP contribution in [0.5, 0.6) is 0 Å². The van der Waals surface area contributed by atoms with Gasteiger partial charge < -0.3 is 4.90 Å². The highest BCUT2D eigenvalue weighted by Gasteiger charge is 2.25. The minimum Gasteiger partial charge on any atom is -0.338 e. The molecule has 75 valence electrons. The van der Waals surface area contributed by atoms with E-state index in [0.29, 0.717) is 12.2 Å². The third-order valence-corrected chi connectivity index (χ3v) is 2.68. The number of carbonyl (C=O) groups excluding carboxylic acids is 1. The molecular weight excluding hydrogens is 190 g/mol. The molecule has 1 amide bonds. The molecule has 0 saturated carbocycles. The first kappa shape index (κ1) is 8.47. The van der Waals surface area contributed by atoms with Crippen molar-refractivity contribution >= 4 is 16.8 Å². The Labute approximate surface area is 87.1 Å². The largest absolute Gasteiger partial charge is 0.338 e. The lowest BCUT2D eigenvalue weighted by atomic mass is 10.2. The first-order valence-electron chi connectivity index (χ1n) is 4.83. The fraction of sp³-hybridized carbons (Fsp3) is 0.182. The summed E-state index contributed by atoms with van der Waals surface area (Å²) in [6.07, 6.45) is 0. The second-order valence-corrected chi connectivity index (χ2v) is 3.68. The van der Waals surface area contributed by atoms with Crippen LogP contribution >= 0.6 is 0 Å². The Kier molecular flexibility index (Phi) is 1.59. The zero-order valence-corrected chi connectivity index (χ0v) is 8.34. The first-order valence-corrected chi connectivity index (χ1v) is 4.83. The van der Waals surface area contributed by atoms with Crippen molar-refractivity contribution in [2.24, 2.45) is 0 Å². The van der Waals surface area contributed by atoms with E-state index in [0.717, 1.165) is 10.9 Å². The van der Waals surface area contributed by atoms with Gasteiger partial charge >= 0.3 is 0 Å². The molecule has 1 aliphatic heterocycles. The molecule has 2 aromatic rings. The van der Waals surface area contributed by atoms with E-state index in [1.807, 2.05) is 30.8 Å². The van der Waals surface area contributed by atoms with Gasteiger partial charge in [-0.2, -0.15) is 5.10 Å². The van der Waals surface area contributed by atoms with Crippen LogP contribution in [0.15, 0.2) is 24.3 Å². The predicted octanol–water partition coefficient (Wildman–Crippen LogP) is 1.13. The second kappa shape index (κ2) is 2.82. The Morgan fingerprint density at radius 1 is 1.33 bits per heavy atom. The minimum atomic E-state index is 0.0335. The van der Waals surface area contributed by atoms with Crippen LogP contribution in [0.3, 0.4) is 0 Å². The number of carbonyl (C=O) groups is 1. The fourth-order valence-electron chi connectivity index (χ4n) is 1.86. The molecule has 1 radical (unpaired) electrons. The summed E-state index contributed by atoms with van der Waals surface area (Å²) in [5, 5.41) is 5.27. The summed E-state index contributed by atoms with van der Waals surface area (Å²) in [7, 11) is 1.80. The van der Waals surface area contributed by atoms with Gasteiger partial charge in [-0.05, 0) is 6.07 Å². The van der Waals surface area contributed by atoms with E-state index in [9.17, 15) is 4.79 Å². The Bertz CT molecular complexity index is 544. The zero-order valence-electron chi connectivity index (χ0n) is 8.34. The number of nitrogens with zero attached hydrogens (tertiary/aromatic N) is 3. The number of aromatic nitrogens is 2. The maximum Gasteiger partial charge on any atom is 0.272 e. The first-order chi connectivity index (χ1) is 7.27. The van der Waals surface area contributed by atoms with Crippen LogP contribution in [0.25, 0.3) is 10.9 Å².